The topological polar surface area (TPSA) is 35.2 Å². The van der Waals surface area contributed by atoms with Crippen molar-refractivity contribution < 1.29 is 9.13 Å². The zero-order valence-corrected chi connectivity index (χ0v) is 11.3. The van der Waals surface area contributed by atoms with Crippen molar-refractivity contribution in [2.75, 3.05) is 13.7 Å². The number of benzene rings is 1. The van der Waals surface area contributed by atoms with Gasteiger partial charge in [0.1, 0.15) is 5.82 Å². The number of nitrogens with two attached hydrogens (primary N) is 1. The van der Waals surface area contributed by atoms with Crippen LogP contribution in [0.4, 0.5) is 4.39 Å². The molecule has 0 bridgehead atoms. The van der Waals surface area contributed by atoms with E-state index in [0.29, 0.717) is 23.1 Å². The van der Waals surface area contributed by atoms with Crippen LogP contribution in [0.5, 0.6) is 0 Å². The van der Waals surface area contributed by atoms with Gasteiger partial charge >= 0.3 is 0 Å². The Morgan fingerprint density at radius 1 is 1.56 bits per heavy atom. The standard InChI is InChI=1S/C11H14BrClFNO/c1-16-6-2-3-9(15)7-4-5-8(12)10(13)11(7)14/h4-5,9H,2-3,6,15H2,1H3. The first-order valence-corrected chi connectivity index (χ1v) is 6.13. The minimum Gasteiger partial charge on any atom is -0.385 e. The molecular formula is C11H14BrClFNO. The zero-order chi connectivity index (χ0) is 12.1. The number of halogens is 3. The van der Waals surface area contributed by atoms with Crippen molar-refractivity contribution in [1.29, 1.82) is 0 Å². The largest absolute Gasteiger partial charge is 0.385 e. The van der Waals surface area contributed by atoms with E-state index in [4.69, 9.17) is 22.1 Å². The molecule has 2 nitrogen and oxygen atoms in total. The lowest BCUT2D eigenvalue weighted by Crippen LogP contribution is -2.13. The molecule has 1 atom stereocenters. The van der Waals surface area contributed by atoms with Gasteiger partial charge in [0.05, 0.1) is 5.02 Å². The fraction of sp³-hybridized carbons (Fsp3) is 0.455. The minimum atomic E-state index is -0.444. The van der Waals surface area contributed by atoms with Gasteiger partial charge in [-0.25, -0.2) is 4.39 Å². The van der Waals surface area contributed by atoms with Gasteiger partial charge in [-0.3, -0.25) is 0 Å². The highest BCUT2D eigenvalue weighted by molar-refractivity contribution is 9.10. The molecular weight excluding hydrogens is 296 g/mol. The molecule has 0 aliphatic rings. The van der Waals surface area contributed by atoms with E-state index in [1.54, 1.807) is 19.2 Å². The maximum absolute atomic E-state index is 13.7. The summed E-state index contributed by atoms with van der Waals surface area (Å²) in [5.41, 5.74) is 6.33. The van der Waals surface area contributed by atoms with Crippen LogP contribution in [0.3, 0.4) is 0 Å². The molecule has 0 saturated carbocycles. The molecule has 0 amide bonds. The molecule has 0 aliphatic carbocycles. The Bertz CT molecular complexity index is 362. The lowest BCUT2D eigenvalue weighted by molar-refractivity contribution is 0.190. The second-order valence-electron chi connectivity index (χ2n) is 3.51. The number of hydrogen-bond donors (Lipinski definition) is 1. The first-order chi connectivity index (χ1) is 7.57. The Kier molecular flexibility index (Phi) is 5.69. The van der Waals surface area contributed by atoms with Crippen LogP contribution in [0, 0.1) is 5.82 Å². The Morgan fingerprint density at radius 2 is 2.25 bits per heavy atom. The zero-order valence-electron chi connectivity index (χ0n) is 8.97. The lowest BCUT2D eigenvalue weighted by atomic mass is 10.0. The fourth-order valence-electron chi connectivity index (χ4n) is 1.43. The predicted molar refractivity (Wildman–Crippen MR) is 67.1 cm³/mol. The van der Waals surface area contributed by atoms with Gasteiger partial charge in [-0.15, -0.1) is 0 Å². The smallest absolute Gasteiger partial charge is 0.147 e. The normalized spacial score (nSPS) is 12.8. The summed E-state index contributed by atoms with van der Waals surface area (Å²) in [5, 5.41) is 0.0830. The van der Waals surface area contributed by atoms with E-state index in [2.05, 4.69) is 15.9 Å². The second-order valence-corrected chi connectivity index (χ2v) is 4.74. The highest BCUT2D eigenvalue weighted by Gasteiger charge is 2.15. The van der Waals surface area contributed by atoms with E-state index < -0.39 is 5.82 Å². The summed E-state index contributed by atoms with van der Waals surface area (Å²) < 4.78 is 19.2. The van der Waals surface area contributed by atoms with Crippen LogP contribution in [0.1, 0.15) is 24.4 Å². The Balaban J connectivity index is 2.76. The number of hydrogen-bond acceptors (Lipinski definition) is 2. The summed E-state index contributed by atoms with van der Waals surface area (Å²) in [6, 6.07) is 3.01. The van der Waals surface area contributed by atoms with Crippen molar-refractivity contribution >= 4 is 27.5 Å². The molecule has 0 fully saturated rings. The van der Waals surface area contributed by atoms with E-state index in [1.165, 1.54) is 0 Å². The molecule has 0 saturated heterocycles. The van der Waals surface area contributed by atoms with Gasteiger partial charge in [-0.05, 0) is 34.8 Å². The highest BCUT2D eigenvalue weighted by Crippen LogP contribution is 2.30. The molecule has 1 rings (SSSR count). The van der Waals surface area contributed by atoms with Crippen LogP contribution in [0.2, 0.25) is 5.02 Å². The Hall–Kier alpha value is -0.160. The highest BCUT2D eigenvalue weighted by atomic mass is 79.9. The van der Waals surface area contributed by atoms with Gasteiger partial charge in [0.25, 0.3) is 0 Å². The van der Waals surface area contributed by atoms with Crippen molar-refractivity contribution in [2.24, 2.45) is 5.73 Å². The molecule has 0 heterocycles. The number of methoxy groups -OCH3 is 1. The van der Waals surface area contributed by atoms with E-state index in [0.717, 1.165) is 6.42 Å². The molecule has 0 aromatic heterocycles. The maximum Gasteiger partial charge on any atom is 0.147 e. The SMILES string of the molecule is COCCCC(N)c1ccc(Br)c(Cl)c1F. The van der Waals surface area contributed by atoms with Crippen molar-refractivity contribution in [3.05, 3.63) is 33.0 Å². The average Bonchev–Trinajstić information content (AvgIpc) is 2.26. The molecule has 5 heteroatoms. The maximum atomic E-state index is 13.7. The van der Waals surface area contributed by atoms with Gasteiger partial charge in [0.15, 0.2) is 0 Å². The summed E-state index contributed by atoms with van der Waals surface area (Å²) in [6.45, 7) is 0.625. The summed E-state index contributed by atoms with van der Waals surface area (Å²) >= 11 is 8.95. The van der Waals surface area contributed by atoms with Gasteiger partial charge in [-0.2, -0.15) is 0 Å². The third kappa shape index (κ3) is 3.42. The Morgan fingerprint density at radius 3 is 2.88 bits per heavy atom. The van der Waals surface area contributed by atoms with Crippen LogP contribution in [-0.2, 0) is 4.74 Å². The van der Waals surface area contributed by atoms with Crippen molar-refractivity contribution in [2.45, 2.75) is 18.9 Å². The van der Waals surface area contributed by atoms with Gasteiger partial charge in [0, 0.05) is 29.8 Å². The lowest BCUT2D eigenvalue weighted by Gasteiger charge is -2.13. The number of ether oxygens (including phenoxy) is 1. The molecule has 0 aliphatic heterocycles. The van der Waals surface area contributed by atoms with E-state index in [9.17, 15) is 4.39 Å². The summed E-state index contributed by atoms with van der Waals surface area (Å²) in [4.78, 5) is 0. The van der Waals surface area contributed by atoms with E-state index >= 15 is 0 Å². The molecule has 90 valence electrons. The van der Waals surface area contributed by atoms with Gasteiger partial charge < -0.3 is 10.5 Å². The molecule has 1 aromatic carbocycles. The van der Waals surface area contributed by atoms with E-state index in [1.807, 2.05) is 0 Å². The monoisotopic (exact) mass is 309 g/mol. The minimum absolute atomic E-state index is 0.0830. The van der Waals surface area contributed by atoms with Crippen molar-refractivity contribution in [3.8, 4) is 0 Å². The predicted octanol–water partition coefficient (Wildman–Crippen LogP) is 3.67. The summed E-state index contributed by atoms with van der Waals surface area (Å²) in [7, 11) is 1.63. The molecule has 16 heavy (non-hydrogen) atoms. The fourth-order valence-corrected chi connectivity index (χ4v) is 1.91. The third-order valence-electron chi connectivity index (χ3n) is 2.33. The summed E-state index contributed by atoms with van der Waals surface area (Å²) in [5.74, 6) is -0.444. The molecule has 0 spiro atoms. The third-order valence-corrected chi connectivity index (χ3v) is 3.59. The number of rotatable bonds is 5. The van der Waals surface area contributed by atoms with Gasteiger partial charge in [-0.1, -0.05) is 17.7 Å². The van der Waals surface area contributed by atoms with Crippen molar-refractivity contribution in [3.63, 3.8) is 0 Å². The molecule has 1 aromatic rings. The molecule has 1 unspecified atom stereocenters. The van der Waals surface area contributed by atoms with Crippen LogP contribution in [0.15, 0.2) is 16.6 Å². The second kappa shape index (κ2) is 6.55. The first-order valence-electron chi connectivity index (χ1n) is 4.95. The van der Waals surface area contributed by atoms with Crippen LogP contribution in [-0.4, -0.2) is 13.7 Å². The Labute approximate surface area is 108 Å². The molecule has 2 N–H and O–H groups in total. The van der Waals surface area contributed by atoms with E-state index in [-0.39, 0.29) is 11.1 Å². The first kappa shape index (κ1) is 13.9. The quantitative estimate of drug-likeness (QED) is 0.665. The van der Waals surface area contributed by atoms with Gasteiger partial charge in [0.2, 0.25) is 0 Å². The average molecular weight is 311 g/mol. The van der Waals surface area contributed by atoms with Crippen LogP contribution in [0.25, 0.3) is 0 Å². The summed E-state index contributed by atoms with van der Waals surface area (Å²) in [6.07, 6.45) is 1.47. The van der Waals surface area contributed by atoms with Crippen molar-refractivity contribution in [1.82, 2.24) is 0 Å². The molecule has 0 radical (unpaired) electrons. The van der Waals surface area contributed by atoms with Crippen LogP contribution < -0.4 is 5.73 Å². The van der Waals surface area contributed by atoms with Crippen LogP contribution >= 0.6 is 27.5 Å².